The highest BCUT2D eigenvalue weighted by Crippen LogP contribution is 2.13. The summed E-state index contributed by atoms with van der Waals surface area (Å²) in [5, 5.41) is 6.10. The molecule has 120 valence electrons. The van der Waals surface area contributed by atoms with E-state index in [4.69, 9.17) is 17.0 Å². The minimum atomic E-state index is -0.260. The summed E-state index contributed by atoms with van der Waals surface area (Å²) >= 11 is 5.22. The van der Waals surface area contributed by atoms with E-state index in [1.807, 2.05) is 50.2 Å². The van der Waals surface area contributed by atoms with Gasteiger partial charge in [-0.1, -0.05) is 36.4 Å². The first-order valence-corrected chi connectivity index (χ1v) is 7.90. The molecule has 2 aromatic rings. The first-order valence-electron chi connectivity index (χ1n) is 7.49. The van der Waals surface area contributed by atoms with Gasteiger partial charge in [-0.3, -0.25) is 10.1 Å². The molecule has 0 aliphatic rings. The summed E-state index contributed by atoms with van der Waals surface area (Å²) in [5.74, 6) is 0.404. The molecule has 2 N–H and O–H groups in total. The molecular weight excluding hydrogens is 308 g/mol. The Morgan fingerprint density at radius 3 is 2.61 bits per heavy atom. The molecule has 23 heavy (non-hydrogen) atoms. The summed E-state index contributed by atoms with van der Waals surface area (Å²) in [7, 11) is 0. The fourth-order valence-electron chi connectivity index (χ4n) is 2.13. The lowest BCUT2D eigenvalue weighted by atomic mass is 10.1. The van der Waals surface area contributed by atoms with Crippen LogP contribution in [0.5, 0.6) is 5.75 Å². The maximum absolute atomic E-state index is 12.2. The van der Waals surface area contributed by atoms with E-state index in [0.29, 0.717) is 23.0 Å². The van der Waals surface area contributed by atoms with Crippen LogP contribution >= 0.6 is 12.2 Å². The summed E-state index contributed by atoms with van der Waals surface area (Å²) in [4.78, 5) is 12.2. The predicted octanol–water partition coefficient (Wildman–Crippen LogP) is 3.45. The van der Waals surface area contributed by atoms with Crippen molar-refractivity contribution in [3.63, 3.8) is 0 Å². The number of nitrogens with one attached hydrogen (secondary N) is 2. The number of hydrogen-bond donors (Lipinski definition) is 2. The molecule has 1 amide bonds. The zero-order chi connectivity index (χ0) is 16.7. The van der Waals surface area contributed by atoms with Gasteiger partial charge in [-0.2, -0.15) is 0 Å². The Balaban J connectivity index is 1.94. The van der Waals surface area contributed by atoms with Crippen molar-refractivity contribution in [2.24, 2.45) is 0 Å². The lowest BCUT2D eigenvalue weighted by Gasteiger charge is -2.17. The molecule has 0 aliphatic heterocycles. The Morgan fingerprint density at radius 2 is 1.91 bits per heavy atom. The normalized spacial score (nSPS) is 11.4. The summed E-state index contributed by atoms with van der Waals surface area (Å²) in [5.41, 5.74) is 1.61. The third-order valence-corrected chi connectivity index (χ3v) is 3.50. The molecule has 0 radical (unpaired) electrons. The molecular formula is C18H20N2O2S. The number of ether oxygens (including phenoxy) is 1. The van der Waals surface area contributed by atoms with E-state index >= 15 is 0 Å². The van der Waals surface area contributed by atoms with E-state index in [0.717, 1.165) is 5.56 Å². The highest BCUT2D eigenvalue weighted by atomic mass is 32.1. The minimum absolute atomic E-state index is 0.0127. The maximum Gasteiger partial charge on any atom is 0.257 e. The van der Waals surface area contributed by atoms with Crippen molar-refractivity contribution in [2.45, 2.75) is 19.9 Å². The van der Waals surface area contributed by atoms with Gasteiger partial charge in [0.25, 0.3) is 5.91 Å². The Kier molecular flexibility index (Phi) is 6.11. The topological polar surface area (TPSA) is 50.4 Å². The first-order chi connectivity index (χ1) is 11.1. The van der Waals surface area contributed by atoms with Crippen LogP contribution in [0.3, 0.4) is 0 Å². The van der Waals surface area contributed by atoms with Crippen molar-refractivity contribution < 1.29 is 9.53 Å². The average Bonchev–Trinajstić information content (AvgIpc) is 2.56. The van der Waals surface area contributed by atoms with Gasteiger partial charge in [-0.05, 0) is 49.8 Å². The van der Waals surface area contributed by atoms with Crippen LogP contribution in [0.15, 0.2) is 54.6 Å². The quantitative estimate of drug-likeness (QED) is 0.826. The standard InChI is InChI=1S/C18H20N2O2S/c1-3-22-16-11-7-10-15(12-16)17(21)20-18(23)19-13(2)14-8-5-4-6-9-14/h4-13H,3H2,1-2H3,(H2,19,20,21,23). The van der Waals surface area contributed by atoms with E-state index in [1.54, 1.807) is 18.2 Å². The zero-order valence-corrected chi connectivity index (χ0v) is 14.0. The second-order valence-electron chi connectivity index (χ2n) is 5.02. The van der Waals surface area contributed by atoms with Crippen LogP contribution in [0.2, 0.25) is 0 Å². The minimum Gasteiger partial charge on any atom is -0.494 e. The van der Waals surface area contributed by atoms with Crippen LogP contribution in [-0.2, 0) is 0 Å². The highest BCUT2D eigenvalue weighted by Gasteiger charge is 2.11. The molecule has 0 aliphatic carbocycles. The monoisotopic (exact) mass is 328 g/mol. The van der Waals surface area contributed by atoms with Crippen molar-refractivity contribution in [3.8, 4) is 5.75 Å². The Bertz CT molecular complexity index is 674. The largest absolute Gasteiger partial charge is 0.494 e. The predicted molar refractivity (Wildman–Crippen MR) is 95.7 cm³/mol. The number of benzene rings is 2. The smallest absolute Gasteiger partial charge is 0.257 e. The first kappa shape index (κ1) is 17.0. The van der Waals surface area contributed by atoms with Gasteiger partial charge in [0.2, 0.25) is 0 Å². The number of hydrogen-bond acceptors (Lipinski definition) is 3. The van der Waals surface area contributed by atoms with Crippen LogP contribution in [0, 0.1) is 0 Å². The summed E-state index contributed by atoms with van der Waals surface area (Å²) < 4.78 is 5.40. The van der Waals surface area contributed by atoms with Crippen molar-refractivity contribution in [2.75, 3.05) is 6.61 Å². The second kappa shape index (κ2) is 8.29. The Labute approximate surface area is 141 Å². The molecule has 2 rings (SSSR count). The van der Waals surface area contributed by atoms with Crippen LogP contribution in [0.25, 0.3) is 0 Å². The molecule has 0 fully saturated rings. The number of thiocarbonyl (C=S) groups is 1. The van der Waals surface area contributed by atoms with Crippen LogP contribution < -0.4 is 15.4 Å². The van der Waals surface area contributed by atoms with Gasteiger partial charge in [0, 0.05) is 5.56 Å². The van der Waals surface area contributed by atoms with E-state index in [2.05, 4.69) is 10.6 Å². The molecule has 1 atom stereocenters. The molecule has 4 nitrogen and oxygen atoms in total. The molecule has 5 heteroatoms. The fraction of sp³-hybridized carbons (Fsp3) is 0.222. The van der Waals surface area contributed by atoms with Crippen LogP contribution in [-0.4, -0.2) is 17.6 Å². The molecule has 0 saturated heterocycles. The van der Waals surface area contributed by atoms with E-state index in [-0.39, 0.29) is 11.9 Å². The third kappa shape index (κ3) is 5.07. The van der Waals surface area contributed by atoms with Gasteiger partial charge < -0.3 is 10.1 Å². The highest BCUT2D eigenvalue weighted by molar-refractivity contribution is 7.80. The number of carbonyl (C=O) groups is 1. The SMILES string of the molecule is CCOc1cccc(C(=O)NC(=S)NC(C)c2ccccc2)c1. The summed E-state index contributed by atoms with van der Waals surface area (Å²) in [6.07, 6.45) is 0. The molecule has 2 aromatic carbocycles. The van der Waals surface area contributed by atoms with E-state index in [1.165, 1.54) is 0 Å². The second-order valence-corrected chi connectivity index (χ2v) is 5.43. The fourth-order valence-corrected chi connectivity index (χ4v) is 2.40. The Morgan fingerprint density at radius 1 is 1.17 bits per heavy atom. The van der Waals surface area contributed by atoms with Gasteiger partial charge in [-0.15, -0.1) is 0 Å². The van der Waals surface area contributed by atoms with Gasteiger partial charge >= 0.3 is 0 Å². The number of rotatable bonds is 5. The van der Waals surface area contributed by atoms with Crippen LogP contribution in [0.1, 0.15) is 35.8 Å². The lowest BCUT2D eigenvalue weighted by molar-refractivity contribution is 0.0976. The summed E-state index contributed by atoms with van der Waals surface area (Å²) in [6, 6.07) is 16.9. The van der Waals surface area contributed by atoms with Crippen molar-refractivity contribution in [1.82, 2.24) is 10.6 Å². The van der Waals surface area contributed by atoms with E-state index in [9.17, 15) is 4.79 Å². The molecule has 0 aromatic heterocycles. The van der Waals surface area contributed by atoms with Crippen molar-refractivity contribution in [1.29, 1.82) is 0 Å². The average molecular weight is 328 g/mol. The Hall–Kier alpha value is -2.40. The van der Waals surface area contributed by atoms with Gasteiger partial charge in [-0.25, -0.2) is 0 Å². The number of carbonyl (C=O) groups excluding carboxylic acids is 1. The lowest BCUT2D eigenvalue weighted by Crippen LogP contribution is -2.40. The summed E-state index contributed by atoms with van der Waals surface area (Å²) in [6.45, 7) is 4.44. The van der Waals surface area contributed by atoms with E-state index < -0.39 is 0 Å². The van der Waals surface area contributed by atoms with Crippen LogP contribution in [0.4, 0.5) is 0 Å². The van der Waals surface area contributed by atoms with Gasteiger partial charge in [0.05, 0.1) is 12.6 Å². The third-order valence-electron chi connectivity index (χ3n) is 3.28. The molecule has 0 spiro atoms. The van der Waals surface area contributed by atoms with Gasteiger partial charge in [0.15, 0.2) is 5.11 Å². The molecule has 1 unspecified atom stereocenters. The van der Waals surface area contributed by atoms with Gasteiger partial charge in [0.1, 0.15) is 5.75 Å². The molecule has 0 bridgehead atoms. The van der Waals surface area contributed by atoms with Crippen molar-refractivity contribution >= 4 is 23.2 Å². The zero-order valence-electron chi connectivity index (χ0n) is 13.2. The van der Waals surface area contributed by atoms with Crippen molar-refractivity contribution in [3.05, 3.63) is 65.7 Å². The molecule has 0 saturated carbocycles. The number of amides is 1. The maximum atomic E-state index is 12.2. The molecule has 0 heterocycles.